The zero-order valence-corrected chi connectivity index (χ0v) is 16.3. The van der Waals surface area contributed by atoms with Crippen LogP contribution in [0.5, 0.6) is 11.5 Å². The smallest absolute Gasteiger partial charge is 0.151 e. The van der Waals surface area contributed by atoms with Gasteiger partial charge in [-0.25, -0.2) is 0 Å². The Morgan fingerprint density at radius 1 is 0.929 bits per heavy atom. The van der Waals surface area contributed by atoms with Crippen LogP contribution in [-0.2, 0) is 6.54 Å². The van der Waals surface area contributed by atoms with Crippen molar-refractivity contribution < 1.29 is 14.0 Å². The van der Waals surface area contributed by atoms with Crippen molar-refractivity contribution in [3.63, 3.8) is 0 Å². The molecule has 0 aliphatic carbocycles. The molecular formula is C22H25N3O3. The molecule has 6 nitrogen and oxygen atoms in total. The molecule has 1 fully saturated rings. The Balaban J connectivity index is 1.35. The third kappa shape index (κ3) is 3.97. The van der Waals surface area contributed by atoms with E-state index in [9.17, 15) is 0 Å². The predicted molar refractivity (Wildman–Crippen MR) is 109 cm³/mol. The van der Waals surface area contributed by atoms with E-state index in [4.69, 9.17) is 14.0 Å². The number of piperazine rings is 1. The first-order valence-electron chi connectivity index (χ1n) is 9.47. The van der Waals surface area contributed by atoms with E-state index in [1.54, 1.807) is 14.2 Å². The standard InChI is InChI=1S/C22H25N3O3/c1-26-18-9-7-17(8-10-18)20-15-19(28-23-20)16-24-11-13-25(14-12-24)21-5-3-4-6-22(21)27-2/h3-10,15H,11-14,16H2,1-2H3. The molecule has 4 rings (SSSR count). The Morgan fingerprint density at radius 2 is 1.68 bits per heavy atom. The largest absolute Gasteiger partial charge is 0.497 e. The van der Waals surface area contributed by atoms with Gasteiger partial charge in [0.05, 0.1) is 26.5 Å². The van der Waals surface area contributed by atoms with Crippen molar-refractivity contribution in [1.82, 2.24) is 10.1 Å². The quantitative estimate of drug-likeness (QED) is 0.651. The molecule has 1 saturated heterocycles. The number of nitrogens with zero attached hydrogens (tertiary/aromatic N) is 3. The van der Waals surface area contributed by atoms with Crippen molar-refractivity contribution in [2.75, 3.05) is 45.3 Å². The molecule has 1 aromatic heterocycles. The molecule has 0 atom stereocenters. The average Bonchev–Trinajstić information content (AvgIpc) is 3.23. The summed E-state index contributed by atoms with van der Waals surface area (Å²) >= 11 is 0. The van der Waals surface area contributed by atoms with Crippen LogP contribution in [0.25, 0.3) is 11.3 Å². The van der Waals surface area contributed by atoms with Gasteiger partial charge >= 0.3 is 0 Å². The highest BCUT2D eigenvalue weighted by molar-refractivity contribution is 5.60. The zero-order chi connectivity index (χ0) is 19.3. The van der Waals surface area contributed by atoms with Gasteiger partial charge in [-0.1, -0.05) is 17.3 Å². The van der Waals surface area contributed by atoms with Crippen molar-refractivity contribution in [1.29, 1.82) is 0 Å². The second kappa shape index (κ2) is 8.35. The summed E-state index contributed by atoms with van der Waals surface area (Å²) in [6.07, 6.45) is 0. The molecule has 146 valence electrons. The minimum Gasteiger partial charge on any atom is -0.497 e. The van der Waals surface area contributed by atoms with Gasteiger partial charge in [-0.2, -0.15) is 0 Å². The van der Waals surface area contributed by atoms with Crippen molar-refractivity contribution in [3.05, 3.63) is 60.4 Å². The molecule has 0 radical (unpaired) electrons. The number of methoxy groups -OCH3 is 2. The molecule has 0 unspecified atom stereocenters. The summed E-state index contributed by atoms with van der Waals surface area (Å²) in [7, 11) is 3.39. The highest BCUT2D eigenvalue weighted by Crippen LogP contribution is 2.29. The van der Waals surface area contributed by atoms with E-state index in [0.29, 0.717) is 0 Å². The highest BCUT2D eigenvalue weighted by atomic mass is 16.5. The average molecular weight is 379 g/mol. The van der Waals surface area contributed by atoms with Crippen molar-refractivity contribution >= 4 is 5.69 Å². The SMILES string of the molecule is COc1ccc(-c2cc(CN3CCN(c4ccccc4OC)CC3)on2)cc1. The second-order valence-electron chi connectivity index (χ2n) is 6.84. The van der Waals surface area contributed by atoms with E-state index in [1.807, 2.05) is 42.5 Å². The third-order valence-electron chi connectivity index (χ3n) is 5.12. The summed E-state index contributed by atoms with van der Waals surface area (Å²) in [4.78, 5) is 4.77. The van der Waals surface area contributed by atoms with Crippen LogP contribution in [0.2, 0.25) is 0 Å². The molecule has 0 saturated carbocycles. The van der Waals surface area contributed by atoms with E-state index in [-0.39, 0.29) is 0 Å². The monoisotopic (exact) mass is 379 g/mol. The lowest BCUT2D eigenvalue weighted by Gasteiger charge is -2.36. The minimum absolute atomic E-state index is 0.767. The zero-order valence-electron chi connectivity index (χ0n) is 16.3. The van der Waals surface area contributed by atoms with Gasteiger partial charge in [-0.15, -0.1) is 0 Å². The van der Waals surface area contributed by atoms with Crippen molar-refractivity contribution in [2.45, 2.75) is 6.54 Å². The second-order valence-corrected chi connectivity index (χ2v) is 6.84. The maximum atomic E-state index is 5.57. The van der Waals surface area contributed by atoms with Crippen LogP contribution in [-0.4, -0.2) is 50.5 Å². The van der Waals surface area contributed by atoms with Gasteiger partial charge in [-0.3, -0.25) is 4.90 Å². The Bertz CT molecular complexity index is 899. The molecule has 1 aliphatic heterocycles. The van der Waals surface area contributed by atoms with Gasteiger partial charge in [-0.05, 0) is 36.4 Å². The summed E-state index contributed by atoms with van der Waals surface area (Å²) in [6, 6.07) is 18.1. The number of ether oxygens (including phenoxy) is 2. The van der Waals surface area contributed by atoms with Gasteiger partial charge in [0.2, 0.25) is 0 Å². The Morgan fingerprint density at radius 3 is 2.39 bits per heavy atom. The topological polar surface area (TPSA) is 51.0 Å². The molecule has 3 aromatic rings. The van der Waals surface area contributed by atoms with Gasteiger partial charge in [0.25, 0.3) is 0 Å². The number of rotatable bonds is 6. The Kier molecular flexibility index (Phi) is 5.48. The highest BCUT2D eigenvalue weighted by Gasteiger charge is 2.20. The number of aromatic nitrogens is 1. The van der Waals surface area contributed by atoms with Crippen LogP contribution in [0, 0.1) is 0 Å². The van der Waals surface area contributed by atoms with Gasteiger partial charge < -0.3 is 18.9 Å². The van der Waals surface area contributed by atoms with Gasteiger partial charge in [0, 0.05) is 37.8 Å². The first-order chi connectivity index (χ1) is 13.8. The fourth-order valence-electron chi connectivity index (χ4n) is 3.54. The summed E-state index contributed by atoms with van der Waals surface area (Å²) in [6.45, 7) is 4.62. The number of hydrogen-bond donors (Lipinski definition) is 0. The number of benzene rings is 2. The summed E-state index contributed by atoms with van der Waals surface area (Å²) < 4.78 is 16.3. The molecule has 28 heavy (non-hydrogen) atoms. The number of para-hydroxylation sites is 2. The van der Waals surface area contributed by atoms with Crippen molar-refractivity contribution in [2.24, 2.45) is 0 Å². The predicted octanol–water partition coefficient (Wildman–Crippen LogP) is 3.68. The molecular weight excluding hydrogens is 354 g/mol. The molecule has 2 aromatic carbocycles. The van der Waals surface area contributed by atoms with Crippen LogP contribution >= 0.6 is 0 Å². The normalized spacial score (nSPS) is 14.9. The Labute approximate surface area is 165 Å². The first kappa shape index (κ1) is 18.4. The minimum atomic E-state index is 0.767. The van der Waals surface area contributed by atoms with E-state index in [0.717, 1.165) is 66.9 Å². The lowest BCUT2D eigenvalue weighted by molar-refractivity contribution is 0.219. The molecule has 0 bridgehead atoms. The maximum absolute atomic E-state index is 5.57. The Hall–Kier alpha value is -2.99. The van der Waals surface area contributed by atoms with E-state index in [2.05, 4.69) is 27.1 Å². The summed E-state index contributed by atoms with van der Waals surface area (Å²) in [5.41, 5.74) is 3.04. The molecule has 2 heterocycles. The molecule has 0 spiro atoms. The first-order valence-corrected chi connectivity index (χ1v) is 9.47. The van der Waals surface area contributed by atoms with E-state index < -0.39 is 0 Å². The lowest BCUT2D eigenvalue weighted by Crippen LogP contribution is -2.46. The number of anilines is 1. The summed E-state index contributed by atoms with van der Waals surface area (Å²) in [5.74, 6) is 2.65. The molecule has 6 heteroatoms. The van der Waals surface area contributed by atoms with Crippen molar-refractivity contribution in [3.8, 4) is 22.8 Å². The van der Waals surface area contributed by atoms with E-state index >= 15 is 0 Å². The lowest BCUT2D eigenvalue weighted by atomic mass is 10.1. The van der Waals surface area contributed by atoms with Crippen LogP contribution in [0.1, 0.15) is 5.76 Å². The van der Waals surface area contributed by atoms with Gasteiger partial charge in [0.15, 0.2) is 5.76 Å². The fraction of sp³-hybridized carbons (Fsp3) is 0.318. The van der Waals surface area contributed by atoms with Gasteiger partial charge in [0.1, 0.15) is 17.2 Å². The van der Waals surface area contributed by atoms with E-state index in [1.165, 1.54) is 0 Å². The van der Waals surface area contributed by atoms with Crippen LogP contribution < -0.4 is 14.4 Å². The molecule has 0 amide bonds. The fourth-order valence-corrected chi connectivity index (χ4v) is 3.54. The van der Waals surface area contributed by atoms with Crippen LogP contribution in [0.3, 0.4) is 0 Å². The maximum Gasteiger partial charge on any atom is 0.151 e. The number of hydrogen-bond acceptors (Lipinski definition) is 6. The third-order valence-corrected chi connectivity index (χ3v) is 5.12. The van der Waals surface area contributed by atoms with Crippen LogP contribution in [0.15, 0.2) is 59.1 Å². The molecule has 0 N–H and O–H groups in total. The molecule has 1 aliphatic rings. The summed E-state index contributed by atoms with van der Waals surface area (Å²) in [5, 5.41) is 4.22. The van der Waals surface area contributed by atoms with Crippen LogP contribution in [0.4, 0.5) is 5.69 Å².